The second-order valence-corrected chi connectivity index (χ2v) is 6.93. The van der Waals surface area contributed by atoms with Gasteiger partial charge in [0.05, 0.1) is 11.5 Å². The van der Waals surface area contributed by atoms with Crippen molar-refractivity contribution in [2.75, 3.05) is 31.1 Å². The van der Waals surface area contributed by atoms with Crippen molar-refractivity contribution in [2.24, 2.45) is 5.41 Å². The van der Waals surface area contributed by atoms with Crippen molar-refractivity contribution >= 4 is 23.6 Å². The smallest absolute Gasteiger partial charge is 0.311 e. The van der Waals surface area contributed by atoms with E-state index in [4.69, 9.17) is 0 Å². The van der Waals surface area contributed by atoms with E-state index in [9.17, 15) is 14.7 Å². The Kier molecular flexibility index (Phi) is 5.32. The van der Waals surface area contributed by atoms with Crippen molar-refractivity contribution in [1.29, 1.82) is 0 Å². The zero-order valence-electron chi connectivity index (χ0n) is 12.1. The summed E-state index contributed by atoms with van der Waals surface area (Å²) in [6, 6.07) is -0.139. The van der Waals surface area contributed by atoms with Crippen molar-refractivity contribution in [3.8, 4) is 0 Å². The molecule has 2 aliphatic heterocycles. The van der Waals surface area contributed by atoms with Gasteiger partial charge in [0.2, 0.25) is 5.91 Å². The summed E-state index contributed by atoms with van der Waals surface area (Å²) in [7, 11) is 0. The molecule has 5 nitrogen and oxygen atoms in total. The Bertz CT molecular complexity index is 367. The zero-order chi connectivity index (χ0) is 14.6. The van der Waals surface area contributed by atoms with Crippen LogP contribution in [-0.2, 0) is 9.59 Å². The predicted molar refractivity (Wildman–Crippen MR) is 79.9 cm³/mol. The van der Waals surface area contributed by atoms with E-state index >= 15 is 0 Å². The number of nitrogens with one attached hydrogen (secondary N) is 1. The molecule has 114 valence electrons. The molecule has 0 aromatic heterocycles. The predicted octanol–water partition coefficient (Wildman–Crippen LogP) is 1.18. The Morgan fingerprint density at radius 1 is 1.50 bits per heavy atom. The first-order chi connectivity index (χ1) is 9.59. The Hall–Kier alpha value is -0.750. The number of rotatable bonds is 4. The molecule has 2 saturated heterocycles. The molecule has 2 rings (SSSR count). The minimum Gasteiger partial charge on any atom is -0.481 e. The lowest BCUT2D eigenvalue weighted by Crippen LogP contribution is -2.56. The van der Waals surface area contributed by atoms with Gasteiger partial charge in [-0.3, -0.25) is 9.59 Å². The van der Waals surface area contributed by atoms with Crippen LogP contribution in [0.3, 0.4) is 0 Å². The molecule has 6 heteroatoms. The van der Waals surface area contributed by atoms with Crippen molar-refractivity contribution in [1.82, 2.24) is 10.2 Å². The molecule has 0 aliphatic carbocycles. The van der Waals surface area contributed by atoms with Gasteiger partial charge >= 0.3 is 5.97 Å². The molecule has 20 heavy (non-hydrogen) atoms. The third kappa shape index (κ3) is 3.28. The number of piperidine rings is 1. The molecule has 2 N–H and O–H groups in total. The molecule has 2 fully saturated rings. The van der Waals surface area contributed by atoms with Gasteiger partial charge in [-0.05, 0) is 19.3 Å². The largest absolute Gasteiger partial charge is 0.481 e. The fraction of sp³-hybridized carbons (Fsp3) is 0.857. The molecule has 0 radical (unpaired) electrons. The minimum absolute atomic E-state index is 0.0821. The van der Waals surface area contributed by atoms with Crippen LogP contribution in [0.25, 0.3) is 0 Å². The van der Waals surface area contributed by atoms with Crippen LogP contribution in [0.15, 0.2) is 0 Å². The molecular formula is C14H24N2O3S. The summed E-state index contributed by atoms with van der Waals surface area (Å²) in [4.78, 5) is 26.0. The summed E-state index contributed by atoms with van der Waals surface area (Å²) in [5.74, 6) is 1.17. The van der Waals surface area contributed by atoms with Gasteiger partial charge in [-0.25, -0.2) is 0 Å². The number of carbonyl (C=O) groups is 2. The second kappa shape index (κ2) is 6.80. The van der Waals surface area contributed by atoms with E-state index < -0.39 is 11.4 Å². The van der Waals surface area contributed by atoms with E-state index in [1.165, 1.54) is 0 Å². The van der Waals surface area contributed by atoms with Gasteiger partial charge in [0.15, 0.2) is 0 Å². The van der Waals surface area contributed by atoms with Crippen molar-refractivity contribution in [3.05, 3.63) is 0 Å². The number of nitrogens with zero attached hydrogens (tertiary/aromatic N) is 1. The highest BCUT2D eigenvalue weighted by molar-refractivity contribution is 7.99. The van der Waals surface area contributed by atoms with Crippen molar-refractivity contribution in [3.63, 3.8) is 0 Å². The van der Waals surface area contributed by atoms with E-state index in [1.807, 2.05) is 6.92 Å². The highest BCUT2D eigenvalue weighted by atomic mass is 32.2. The summed E-state index contributed by atoms with van der Waals surface area (Å²) in [5.41, 5.74) is -0.732. The summed E-state index contributed by atoms with van der Waals surface area (Å²) in [6.07, 6.45) is 2.97. The maximum absolute atomic E-state index is 12.5. The standard InChI is InChI=1S/C14H24N2O3S/c1-2-4-14(13(18)19)5-3-7-16(10-14)12(17)11-9-20-8-6-15-11/h11,15H,2-10H2,1H3,(H,18,19). The van der Waals surface area contributed by atoms with Crippen LogP contribution < -0.4 is 5.32 Å². The first-order valence-corrected chi connectivity index (χ1v) is 8.58. The highest BCUT2D eigenvalue weighted by Crippen LogP contribution is 2.35. The van der Waals surface area contributed by atoms with Crippen LogP contribution in [0.5, 0.6) is 0 Å². The lowest BCUT2D eigenvalue weighted by Gasteiger charge is -2.41. The number of hydrogen-bond donors (Lipinski definition) is 2. The van der Waals surface area contributed by atoms with Gasteiger partial charge in [-0.1, -0.05) is 13.3 Å². The monoisotopic (exact) mass is 300 g/mol. The van der Waals surface area contributed by atoms with E-state index in [-0.39, 0.29) is 11.9 Å². The van der Waals surface area contributed by atoms with Gasteiger partial charge < -0.3 is 15.3 Å². The zero-order valence-corrected chi connectivity index (χ0v) is 12.9. The lowest BCUT2D eigenvalue weighted by atomic mass is 9.76. The molecule has 0 aromatic carbocycles. The Labute approximate surface area is 124 Å². The van der Waals surface area contributed by atoms with E-state index in [2.05, 4.69) is 5.32 Å². The molecule has 0 saturated carbocycles. The van der Waals surface area contributed by atoms with E-state index in [1.54, 1.807) is 16.7 Å². The SMILES string of the molecule is CCCC1(C(=O)O)CCCN(C(=O)C2CSCCN2)C1. The summed E-state index contributed by atoms with van der Waals surface area (Å²) >= 11 is 1.79. The first-order valence-electron chi connectivity index (χ1n) is 7.42. The first kappa shape index (κ1) is 15.6. The molecule has 2 aliphatic rings. The topological polar surface area (TPSA) is 69.6 Å². The number of carbonyl (C=O) groups excluding carboxylic acids is 1. The molecular weight excluding hydrogens is 276 g/mol. The van der Waals surface area contributed by atoms with Crippen LogP contribution in [0.4, 0.5) is 0 Å². The summed E-state index contributed by atoms with van der Waals surface area (Å²) in [5, 5.41) is 12.8. The van der Waals surface area contributed by atoms with Gasteiger partial charge in [0.1, 0.15) is 0 Å². The van der Waals surface area contributed by atoms with Gasteiger partial charge in [0.25, 0.3) is 0 Å². The maximum atomic E-state index is 12.5. The Morgan fingerprint density at radius 2 is 2.30 bits per heavy atom. The van der Waals surface area contributed by atoms with Crippen LogP contribution in [-0.4, -0.2) is 59.1 Å². The third-order valence-corrected chi connectivity index (χ3v) is 5.35. The molecule has 0 bridgehead atoms. The molecule has 2 heterocycles. The van der Waals surface area contributed by atoms with Crippen LogP contribution >= 0.6 is 11.8 Å². The lowest BCUT2D eigenvalue weighted by molar-refractivity contribution is -0.156. The van der Waals surface area contributed by atoms with E-state index in [0.29, 0.717) is 25.9 Å². The van der Waals surface area contributed by atoms with Crippen molar-refractivity contribution in [2.45, 2.75) is 38.6 Å². The number of carboxylic acids is 1. The van der Waals surface area contributed by atoms with E-state index in [0.717, 1.165) is 30.9 Å². The fourth-order valence-electron chi connectivity index (χ4n) is 3.23. The fourth-order valence-corrected chi connectivity index (χ4v) is 4.15. The van der Waals surface area contributed by atoms with Crippen molar-refractivity contribution < 1.29 is 14.7 Å². The molecule has 2 unspecified atom stereocenters. The van der Waals surface area contributed by atoms with Crippen LogP contribution in [0, 0.1) is 5.41 Å². The average molecular weight is 300 g/mol. The quantitative estimate of drug-likeness (QED) is 0.816. The normalized spacial score (nSPS) is 31.1. The number of amides is 1. The number of aliphatic carboxylic acids is 1. The van der Waals surface area contributed by atoms with Gasteiger partial charge in [0, 0.05) is 31.1 Å². The second-order valence-electron chi connectivity index (χ2n) is 5.78. The number of carboxylic acid groups (broad SMARTS) is 1. The summed E-state index contributed by atoms with van der Waals surface area (Å²) in [6.45, 7) is 3.93. The Balaban J connectivity index is 2.04. The highest BCUT2D eigenvalue weighted by Gasteiger charge is 2.43. The molecule has 0 spiro atoms. The van der Waals surface area contributed by atoms with Gasteiger partial charge in [-0.15, -0.1) is 0 Å². The summed E-state index contributed by atoms with van der Waals surface area (Å²) < 4.78 is 0. The molecule has 1 amide bonds. The minimum atomic E-state index is -0.747. The Morgan fingerprint density at radius 3 is 2.90 bits per heavy atom. The maximum Gasteiger partial charge on any atom is 0.311 e. The van der Waals surface area contributed by atoms with Crippen LogP contribution in [0.1, 0.15) is 32.6 Å². The molecule has 2 atom stereocenters. The number of thioether (sulfide) groups is 1. The van der Waals surface area contributed by atoms with Gasteiger partial charge in [-0.2, -0.15) is 11.8 Å². The molecule has 0 aromatic rings. The number of hydrogen-bond acceptors (Lipinski definition) is 4. The third-order valence-electron chi connectivity index (χ3n) is 4.29. The van der Waals surface area contributed by atoms with Crippen LogP contribution in [0.2, 0.25) is 0 Å². The number of likely N-dealkylation sites (tertiary alicyclic amines) is 1. The average Bonchev–Trinajstić information content (AvgIpc) is 2.48.